The fourth-order valence-electron chi connectivity index (χ4n) is 3.10. The van der Waals surface area contributed by atoms with E-state index in [0.29, 0.717) is 19.1 Å². The van der Waals surface area contributed by atoms with E-state index >= 15 is 0 Å². The van der Waals surface area contributed by atoms with Gasteiger partial charge in [0, 0.05) is 25.7 Å². The minimum absolute atomic E-state index is 0.151. The molecule has 0 unspecified atom stereocenters. The summed E-state index contributed by atoms with van der Waals surface area (Å²) in [6.07, 6.45) is 5.55. The lowest BCUT2D eigenvalue weighted by Crippen LogP contribution is -2.47. The van der Waals surface area contributed by atoms with Crippen LogP contribution in [0.1, 0.15) is 45.4 Å². The van der Waals surface area contributed by atoms with Crippen LogP contribution in [0, 0.1) is 5.41 Å². The average molecular weight is 297 g/mol. The van der Waals surface area contributed by atoms with Crippen molar-refractivity contribution in [3.05, 3.63) is 0 Å². The van der Waals surface area contributed by atoms with Crippen molar-refractivity contribution < 1.29 is 14.7 Å². The maximum atomic E-state index is 11.8. The molecule has 0 aromatic rings. The highest BCUT2D eigenvalue weighted by atomic mass is 16.4. The first-order chi connectivity index (χ1) is 10.0. The van der Waals surface area contributed by atoms with Gasteiger partial charge in [0.2, 0.25) is 0 Å². The smallest absolute Gasteiger partial charge is 0.314 e. The number of likely N-dealkylation sites (N-methyl/N-ethyl adjacent to an activating group) is 1. The number of hydrogen-bond donors (Lipinski definition) is 3. The molecule has 0 bridgehead atoms. The van der Waals surface area contributed by atoms with Crippen LogP contribution >= 0.6 is 0 Å². The van der Waals surface area contributed by atoms with Crippen molar-refractivity contribution in [2.75, 3.05) is 26.2 Å². The molecule has 0 saturated heterocycles. The molecule has 2 aliphatic carbocycles. The molecular weight excluding hydrogens is 270 g/mol. The lowest BCUT2D eigenvalue weighted by Gasteiger charge is -2.40. The Morgan fingerprint density at radius 3 is 2.48 bits per heavy atom. The fourth-order valence-corrected chi connectivity index (χ4v) is 3.10. The van der Waals surface area contributed by atoms with E-state index in [-0.39, 0.29) is 17.9 Å². The molecule has 0 radical (unpaired) electrons. The van der Waals surface area contributed by atoms with Crippen molar-refractivity contribution in [3.63, 3.8) is 0 Å². The summed E-state index contributed by atoms with van der Waals surface area (Å²) in [6.45, 7) is 5.16. The van der Waals surface area contributed by atoms with Gasteiger partial charge in [0.15, 0.2) is 0 Å². The van der Waals surface area contributed by atoms with Gasteiger partial charge in [-0.05, 0) is 37.6 Å². The Balaban J connectivity index is 1.61. The molecule has 6 heteroatoms. The van der Waals surface area contributed by atoms with Crippen molar-refractivity contribution in [1.82, 2.24) is 15.5 Å². The van der Waals surface area contributed by atoms with Crippen LogP contribution in [0.5, 0.6) is 0 Å². The molecule has 0 spiro atoms. The fraction of sp³-hybridized carbons (Fsp3) is 0.867. The Kier molecular flexibility index (Phi) is 5.45. The number of hydrogen-bond acceptors (Lipinski definition) is 3. The summed E-state index contributed by atoms with van der Waals surface area (Å²) < 4.78 is 0. The highest BCUT2D eigenvalue weighted by molar-refractivity contribution is 5.74. The summed E-state index contributed by atoms with van der Waals surface area (Å²) in [6, 6.07) is 0.534. The molecule has 21 heavy (non-hydrogen) atoms. The van der Waals surface area contributed by atoms with E-state index in [9.17, 15) is 9.59 Å². The van der Waals surface area contributed by atoms with Crippen LogP contribution in [-0.2, 0) is 4.79 Å². The molecule has 2 rings (SSSR count). The monoisotopic (exact) mass is 297 g/mol. The maximum absolute atomic E-state index is 11.8. The molecule has 2 aliphatic rings. The predicted octanol–water partition coefficient (Wildman–Crippen LogP) is 1.41. The van der Waals surface area contributed by atoms with Gasteiger partial charge in [-0.2, -0.15) is 0 Å². The number of carbonyl (C=O) groups is 2. The minimum atomic E-state index is -0.778. The highest BCUT2D eigenvalue weighted by Crippen LogP contribution is 2.43. The second-order valence-corrected chi connectivity index (χ2v) is 6.39. The molecule has 2 amide bonds. The largest absolute Gasteiger partial charge is 0.481 e. The van der Waals surface area contributed by atoms with Gasteiger partial charge in [0.1, 0.15) is 0 Å². The number of rotatable bonds is 9. The molecular formula is C15H27N3O3. The van der Waals surface area contributed by atoms with Crippen LogP contribution in [0.4, 0.5) is 4.79 Å². The zero-order valence-electron chi connectivity index (χ0n) is 12.9. The van der Waals surface area contributed by atoms with Crippen LogP contribution in [0.3, 0.4) is 0 Å². The molecule has 6 nitrogen and oxygen atoms in total. The van der Waals surface area contributed by atoms with Gasteiger partial charge >= 0.3 is 12.0 Å². The number of nitrogens with one attached hydrogen (secondary N) is 2. The normalized spacial score (nSPS) is 19.9. The zero-order chi connectivity index (χ0) is 15.3. The standard InChI is InChI=1S/C15H27N3O3/c1-2-18(12-4-5-12)9-8-16-14(21)17-11-15(6-3-7-15)10-13(19)20/h12H,2-11H2,1H3,(H,19,20)(H2,16,17,21). The number of aliphatic carboxylic acids is 1. The van der Waals surface area contributed by atoms with Crippen LogP contribution in [0.25, 0.3) is 0 Å². The average Bonchev–Trinajstić information content (AvgIpc) is 3.21. The Morgan fingerprint density at radius 2 is 2.00 bits per heavy atom. The highest BCUT2D eigenvalue weighted by Gasteiger charge is 2.39. The van der Waals surface area contributed by atoms with Crippen LogP contribution in [-0.4, -0.2) is 54.2 Å². The number of carbonyl (C=O) groups excluding carboxylic acids is 1. The van der Waals surface area contributed by atoms with E-state index < -0.39 is 5.97 Å². The third kappa shape index (κ3) is 4.88. The third-order valence-electron chi connectivity index (χ3n) is 4.72. The molecule has 3 N–H and O–H groups in total. The van der Waals surface area contributed by atoms with E-state index in [4.69, 9.17) is 5.11 Å². The molecule has 2 saturated carbocycles. The van der Waals surface area contributed by atoms with Crippen molar-refractivity contribution in [3.8, 4) is 0 Å². The van der Waals surface area contributed by atoms with Crippen LogP contribution < -0.4 is 10.6 Å². The van der Waals surface area contributed by atoms with Gasteiger partial charge in [0.25, 0.3) is 0 Å². The Morgan fingerprint density at radius 1 is 1.29 bits per heavy atom. The van der Waals surface area contributed by atoms with Crippen LogP contribution in [0.2, 0.25) is 0 Å². The van der Waals surface area contributed by atoms with Crippen molar-refractivity contribution in [1.29, 1.82) is 0 Å². The topological polar surface area (TPSA) is 81.7 Å². The van der Waals surface area contributed by atoms with Crippen molar-refractivity contribution >= 4 is 12.0 Å². The first kappa shape index (κ1) is 16.1. The second kappa shape index (κ2) is 7.11. The predicted molar refractivity (Wildman–Crippen MR) is 80.2 cm³/mol. The molecule has 0 heterocycles. The lowest BCUT2D eigenvalue weighted by atomic mass is 9.66. The van der Waals surface area contributed by atoms with Crippen molar-refractivity contribution in [2.45, 2.75) is 51.5 Å². The summed E-state index contributed by atoms with van der Waals surface area (Å²) >= 11 is 0. The number of nitrogens with zero attached hydrogens (tertiary/aromatic N) is 1. The first-order valence-electron chi connectivity index (χ1n) is 8.02. The number of carboxylic acids is 1. The molecule has 0 aromatic heterocycles. The summed E-state index contributed by atoms with van der Waals surface area (Å²) in [5, 5.41) is 14.6. The third-order valence-corrected chi connectivity index (χ3v) is 4.72. The first-order valence-corrected chi connectivity index (χ1v) is 8.02. The Bertz CT molecular complexity index is 378. The van der Waals surface area contributed by atoms with E-state index in [1.807, 2.05) is 0 Å². The molecule has 0 aliphatic heterocycles. The quantitative estimate of drug-likeness (QED) is 0.601. The van der Waals surface area contributed by atoms with E-state index in [1.54, 1.807) is 0 Å². The molecule has 0 aromatic carbocycles. The lowest BCUT2D eigenvalue weighted by molar-refractivity contribution is -0.141. The van der Waals surface area contributed by atoms with Crippen molar-refractivity contribution in [2.24, 2.45) is 5.41 Å². The van der Waals surface area contributed by atoms with Gasteiger partial charge in [-0.3, -0.25) is 9.69 Å². The van der Waals surface area contributed by atoms with Gasteiger partial charge < -0.3 is 15.7 Å². The number of urea groups is 1. The molecule has 0 atom stereocenters. The number of carboxylic acid groups (broad SMARTS) is 1. The summed E-state index contributed by atoms with van der Waals surface area (Å²) in [5.74, 6) is -0.778. The molecule has 120 valence electrons. The number of amides is 2. The minimum Gasteiger partial charge on any atom is -0.481 e. The summed E-state index contributed by atoms with van der Waals surface area (Å²) in [4.78, 5) is 25.0. The van der Waals surface area contributed by atoms with E-state index in [0.717, 1.165) is 32.4 Å². The van der Waals surface area contributed by atoms with Gasteiger partial charge in [0.05, 0.1) is 6.42 Å². The van der Waals surface area contributed by atoms with E-state index in [2.05, 4.69) is 22.5 Å². The Labute approximate surface area is 126 Å². The van der Waals surface area contributed by atoms with Gasteiger partial charge in [-0.15, -0.1) is 0 Å². The maximum Gasteiger partial charge on any atom is 0.314 e. The van der Waals surface area contributed by atoms with Gasteiger partial charge in [-0.25, -0.2) is 4.79 Å². The Hall–Kier alpha value is -1.30. The van der Waals surface area contributed by atoms with Gasteiger partial charge in [-0.1, -0.05) is 13.3 Å². The van der Waals surface area contributed by atoms with E-state index in [1.165, 1.54) is 12.8 Å². The SMILES string of the molecule is CCN(CCNC(=O)NCC1(CC(=O)O)CCC1)C1CC1. The zero-order valence-corrected chi connectivity index (χ0v) is 12.9. The summed E-state index contributed by atoms with van der Waals surface area (Å²) in [7, 11) is 0. The second-order valence-electron chi connectivity index (χ2n) is 6.39. The van der Waals surface area contributed by atoms with Crippen LogP contribution in [0.15, 0.2) is 0 Å². The molecule has 2 fully saturated rings. The summed E-state index contributed by atoms with van der Waals surface area (Å²) in [5.41, 5.74) is -0.216.